The number of halogens is 1. The molecule has 0 spiro atoms. The van der Waals surface area contributed by atoms with Crippen molar-refractivity contribution in [2.75, 3.05) is 49.5 Å². The van der Waals surface area contributed by atoms with E-state index in [2.05, 4.69) is 19.9 Å². The Morgan fingerprint density at radius 1 is 1.03 bits per heavy atom. The van der Waals surface area contributed by atoms with Gasteiger partial charge in [-0.2, -0.15) is 0 Å². The van der Waals surface area contributed by atoms with Crippen LogP contribution in [0.4, 0.5) is 10.8 Å². The number of nitrogens with zero attached hydrogens (tertiary/aromatic N) is 2. The Balaban J connectivity index is 1.14. The highest BCUT2D eigenvalue weighted by Gasteiger charge is 2.14. The van der Waals surface area contributed by atoms with E-state index in [-0.39, 0.29) is 4.90 Å². The molecule has 2 N–H and O–H groups in total. The summed E-state index contributed by atoms with van der Waals surface area (Å²) in [5.41, 5.74) is 2.40. The highest BCUT2D eigenvalue weighted by Crippen LogP contribution is 2.29. The highest BCUT2D eigenvalue weighted by atomic mass is 35.5. The van der Waals surface area contributed by atoms with Crippen molar-refractivity contribution in [3.05, 3.63) is 77.3 Å². The molecule has 194 valence electrons. The molecule has 1 saturated heterocycles. The first-order valence-electron chi connectivity index (χ1n) is 11.9. The topological polar surface area (TPSA) is 92.8 Å². The van der Waals surface area contributed by atoms with Crippen LogP contribution in [0.3, 0.4) is 0 Å². The van der Waals surface area contributed by atoms with Crippen molar-refractivity contribution in [3.8, 4) is 5.75 Å². The van der Waals surface area contributed by atoms with Crippen LogP contribution in [-0.4, -0.2) is 57.8 Å². The molecule has 0 aliphatic carbocycles. The second kappa shape index (κ2) is 11.7. The van der Waals surface area contributed by atoms with E-state index in [1.165, 1.54) is 12.1 Å². The van der Waals surface area contributed by atoms with Crippen molar-refractivity contribution in [2.24, 2.45) is 0 Å². The van der Waals surface area contributed by atoms with Crippen molar-refractivity contribution in [3.63, 3.8) is 0 Å². The van der Waals surface area contributed by atoms with Gasteiger partial charge in [-0.15, -0.1) is 0 Å². The molecular weight excluding hydrogens is 532 g/mol. The lowest BCUT2D eigenvalue weighted by atomic mass is 10.2. The molecule has 0 amide bonds. The van der Waals surface area contributed by atoms with Crippen molar-refractivity contribution in [1.82, 2.24) is 9.88 Å². The molecule has 5 rings (SSSR count). The third-order valence-corrected chi connectivity index (χ3v) is 8.54. The fourth-order valence-corrected chi connectivity index (χ4v) is 5.96. The Kier molecular flexibility index (Phi) is 8.11. The smallest absolute Gasteiger partial charge is 0.261 e. The van der Waals surface area contributed by atoms with Crippen LogP contribution in [0.1, 0.15) is 5.56 Å². The number of morpholine rings is 1. The first-order chi connectivity index (χ1) is 17.9. The average molecular weight is 559 g/mol. The number of sulfonamides is 1. The summed E-state index contributed by atoms with van der Waals surface area (Å²) < 4.78 is 40.1. The average Bonchev–Trinajstić information content (AvgIpc) is 3.31. The van der Waals surface area contributed by atoms with Gasteiger partial charge in [0.25, 0.3) is 10.0 Å². The maximum atomic E-state index is 12.6. The summed E-state index contributed by atoms with van der Waals surface area (Å²) in [6.45, 7) is 5.57. The summed E-state index contributed by atoms with van der Waals surface area (Å²) in [6, 6.07) is 19.2. The fraction of sp³-hybridized carbons (Fsp3) is 0.269. The largest absolute Gasteiger partial charge is 0.492 e. The van der Waals surface area contributed by atoms with Crippen LogP contribution in [-0.2, 0) is 21.3 Å². The number of nitrogens with one attached hydrogen (secondary N) is 2. The number of ether oxygens (including phenoxy) is 2. The van der Waals surface area contributed by atoms with Gasteiger partial charge in [-0.3, -0.25) is 9.62 Å². The zero-order valence-electron chi connectivity index (χ0n) is 20.0. The number of hydrogen-bond acceptors (Lipinski definition) is 8. The Labute approximate surface area is 225 Å². The Bertz CT molecular complexity index is 1440. The van der Waals surface area contributed by atoms with Crippen molar-refractivity contribution in [1.29, 1.82) is 0 Å². The summed E-state index contributed by atoms with van der Waals surface area (Å²) in [5, 5.41) is 4.65. The molecule has 37 heavy (non-hydrogen) atoms. The van der Waals surface area contributed by atoms with Gasteiger partial charge in [0.2, 0.25) is 0 Å². The lowest BCUT2D eigenvalue weighted by molar-refractivity contribution is 0.0322. The van der Waals surface area contributed by atoms with Gasteiger partial charge in [-0.05, 0) is 60.2 Å². The van der Waals surface area contributed by atoms with Crippen molar-refractivity contribution < 1.29 is 17.9 Å². The third-order valence-electron chi connectivity index (χ3n) is 5.91. The van der Waals surface area contributed by atoms with Crippen LogP contribution in [0.25, 0.3) is 10.2 Å². The van der Waals surface area contributed by atoms with Crippen LogP contribution >= 0.6 is 22.9 Å². The van der Waals surface area contributed by atoms with Gasteiger partial charge in [0, 0.05) is 36.9 Å². The van der Waals surface area contributed by atoms with E-state index >= 15 is 0 Å². The minimum absolute atomic E-state index is 0.157. The molecule has 0 unspecified atom stereocenters. The predicted molar refractivity (Wildman–Crippen MR) is 148 cm³/mol. The van der Waals surface area contributed by atoms with Crippen LogP contribution in [0.5, 0.6) is 5.75 Å². The molecule has 4 aromatic rings. The normalized spacial score (nSPS) is 14.5. The molecule has 1 aliphatic rings. The molecule has 0 bridgehead atoms. The van der Waals surface area contributed by atoms with Gasteiger partial charge >= 0.3 is 0 Å². The Morgan fingerprint density at radius 2 is 1.78 bits per heavy atom. The zero-order valence-corrected chi connectivity index (χ0v) is 22.4. The summed E-state index contributed by atoms with van der Waals surface area (Å²) in [4.78, 5) is 7.16. The van der Waals surface area contributed by atoms with E-state index in [1.807, 2.05) is 30.3 Å². The number of thiazole rings is 1. The second-order valence-electron chi connectivity index (χ2n) is 8.56. The standard InChI is InChI=1S/C26H27ClN4O4S2/c27-20-3-8-23(9-4-20)37(32,33)30-21-5-1-19(2-6-21)18-28-26-29-24-10-7-22(17-25(24)36-26)35-16-13-31-11-14-34-15-12-31/h1-10,17,30H,11-16,18H2,(H,28,29). The lowest BCUT2D eigenvalue weighted by Gasteiger charge is -2.26. The van der Waals surface area contributed by atoms with Gasteiger partial charge in [-0.25, -0.2) is 13.4 Å². The maximum absolute atomic E-state index is 12.6. The number of rotatable bonds is 10. The van der Waals surface area contributed by atoms with E-state index in [0.29, 0.717) is 23.9 Å². The molecule has 0 saturated carbocycles. The van der Waals surface area contributed by atoms with Crippen LogP contribution < -0.4 is 14.8 Å². The van der Waals surface area contributed by atoms with Crippen LogP contribution in [0.15, 0.2) is 71.6 Å². The summed E-state index contributed by atoms with van der Waals surface area (Å²) in [7, 11) is -3.68. The molecule has 8 nitrogen and oxygen atoms in total. The molecule has 11 heteroatoms. The number of aromatic nitrogens is 1. The first kappa shape index (κ1) is 25.7. The monoisotopic (exact) mass is 558 g/mol. The van der Waals surface area contributed by atoms with Crippen LogP contribution in [0.2, 0.25) is 5.02 Å². The first-order valence-corrected chi connectivity index (χ1v) is 14.6. The highest BCUT2D eigenvalue weighted by molar-refractivity contribution is 7.92. The number of benzene rings is 3. The number of hydrogen-bond donors (Lipinski definition) is 2. The molecule has 0 atom stereocenters. The van der Waals surface area contributed by atoms with E-state index in [9.17, 15) is 8.42 Å². The molecule has 0 radical (unpaired) electrons. The third kappa shape index (κ3) is 6.91. The van der Waals surface area contributed by atoms with E-state index in [4.69, 9.17) is 21.1 Å². The predicted octanol–water partition coefficient (Wildman–Crippen LogP) is 5.07. The zero-order chi connectivity index (χ0) is 25.7. The maximum Gasteiger partial charge on any atom is 0.261 e. The summed E-state index contributed by atoms with van der Waals surface area (Å²) in [6.07, 6.45) is 0. The van der Waals surface area contributed by atoms with E-state index < -0.39 is 10.0 Å². The summed E-state index contributed by atoms with van der Waals surface area (Å²) in [5.74, 6) is 0.840. The van der Waals surface area contributed by atoms with Gasteiger partial charge in [-0.1, -0.05) is 35.1 Å². The van der Waals surface area contributed by atoms with E-state index in [1.54, 1.807) is 35.6 Å². The van der Waals surface area contributed by atoms with E-state index in [0.717, 1.165) is 59.5 Å². The van der Waals surface area contributed by atoms with Crippen molar-refractivity contribution >= 4 is 54.0 Å². The Morgan fingerprint density at radius 3 is 2.54 bits per heavy atom. The minimum atomic E-state index is -3.68. The van der Waals surface area contributed by atoms with Gasteiger partial charge in [0.05, 0.1) is 28.3 Å². The molecule has 1 fully saturated rings. The SMILES string of the molecule is O=S(=O)(Nc1ccc(CNc2nc3ccc(OCCN4CCOCC4)cc3s2)cc1)c1ccc(Cl)cc1. The van der Waals surface area contributed by atoms with Gasteiger partial charge in [0.15, 0.2) is 5.13 Å². The quantitative estimate of drug-likeness (QED) is 0.280. The van der Waals surface area contributed by atoms with Crippen molar-refractivity contribution in [2.45, 2.75) is 11.4 Å². The Hall–Kier alpha value is -2.89. The molecular formula is C26H27ClN4O4S2. The number of fused-ring (bicyclic) bond motifs is 1. The second-order valence-corrected chi connectivity index (χ2v) is 11.7. The van der Waals surface area contributed by atoms with Gasteiger partial charge < -0.3 is 14.8 Å². The van der Waals surface area contributed by atoms with Gasteiger partial charge in [0.1, 0.15) is 12.4 Å². The van der Waals surface area contributed by atoms with Crippen LogP contribution in [0, 0.1) is 0 Å². The lowest BCUT2D eigenvalue weighted by Crippen LogP contribution is -2.38. The molecule has 2 heterocycles. The minimum Gasteiger partial charge on any atom is -0.492 e. The molecule has 1 aromatic heterocycles. The summed E-state index contributed by atoms with van der Waals surface area (Å²) >= 11 is 7.42. The number of anilines is 2. The molecule has 3 aromatic carbocycles. The fourth-order valence-electron chi connectivity index (χ4n) is 3.88. The molecule has 1 aliphatic heterocycles.